The number of oxime groups is 1. The fourth-order valence-corrected chi connectivity index (χ4v) is 2.12. The van der Waals surface area contributed by atoms with Gasteiger partial charge in [0.25, 0.3) is 0 Å². The monoisotopic (exact) mass is 248 g/mol. The van der Waals surface area contributed by atoms with Gasteiger partial charge >= 0.3 is 0 Å². The highest BCUT2D eigenvalue weighted by atomic mass is 16.4. The van der Waals surface area contributed by atoms with Gasteiger partial charge < -0.3 is 16.3 Å². The van der Waals surface area contributed by atoms with Crippen molar-refractivity contribution in [1.82, 2.24) is 10.3 Å². The van der Waals surface area contributed by atoms with Crippen LogP contribution in [0, 0.1) is 5.41 Å². The molecule has 1 atom stereocenters. The van der Waals surface area contributed by atoms with Crippen LogP contribution in [0.1, 0.15) is 37.9 Å². The van der Waals surface area contributed by atoms with Crippen molar-refractivity contribution in [3.8, 4) is 0 Å². The maximum atomic E-state index is 8.61. The second kappa shape index (κ2) is 5.35. The molecule has 0 bridgehead atoms. The van der Waals surface area contributed by atoms with E-state index in [0.717, 1.165) is 25.1 Å². The summed E-state index contributed by atoms with van der Waals surface area (Å²) in [5, 5.41) is 15.1. The standard InChI is InChI=1S/C13H20N4O/c1-10(11-4-2-3-7-15-11)16-9-13(5-6-13)8-12(14)17-18/h2-4,7,10,16,18H,5-6,8-9H2,1H3,(H2,14,17)/t10-/m1/s1. The molecule has 0 amide bonds. The van der Waals surface area contributed by atoms with E-state index >= 15 is 0 Å². The second-order valence-electron chi connectivity index (χ2n) is 5.13. The maximum Gasteiger partial charge on any atom is 0.139 e. The minimum Gasteiger partial charge on any atom is -0.409 e. The fraction of sp³-hybridized carbons (Fsp3) is 0.538. The first-order valence-corrected chi connectivity index (χ1v) is 6.26. The van der Waals surface area contributed by atoms with Gasteiger partial charge in [-0.15, -0.1) is 0 Å². The van der Waals surface area contributed by atoms with E-state index in [1.165, 1.54) is 0 Å². The number of nitrogens with one attached hydrogen (secondary N) is 1. The molecule has 5 heteroatoms. The zero-order valence-electron chi connectivity index (χ0n) is 10.6. The van der Waals surface area contributed by atoms with Crippen LogP contribution >= 0.6 is 0 Å². The van der Waals surface area contributed by atoms with Gasteiger partial charge in [-0.25, -0.2) is 0 Å². The lowest BCUT2D eigenvalue weighted by atomic mass is 10.0. The summed E-state index contributed by atoms with van der Waals surface area (Å²) in [6, 6.07) is 6.14. The van der Waals surface area contributed by atoms with Crippen molar-refractivity contribution in [2.75, 3.05) is 6.54 Å². The molecule has 1 aromatic heterocycles. The van der Waals surface area contributed by atoms with Gasteiger partial charge in [-0.05, 0) is 37.3 Å². The zero-order valence-corrected chi connectivity index (χ0v) is 10.6. The van der Waals surface area contributed by atoms with E-state index in [1.807, 2.05) is 18.2 Å². The number of nitrogens with two attached hydrogens (primary N) is 1. The Kier molecular flexibility index (Phi) is 3.81. The van der Waals surface area contributed by atoms with Gasteiger partial charge in [0.2, 0.25) is 0 Å². The van der Waals surface area contributed by atoms with Crippen molar-refractivity contribution in [2.24, 2.45) is 16.3 Å². The van der Waals surface area contributed by atoms with Crippen molar-refractivity contribution >= 4 is 5.84 Å². The molecule has 0 unspecified atom stereocenters. The fourth-order valence-electron chi connectivity index (χ4n) is 2.12. The Hall–Kier alpha value is -1.62. The van der Waals surface area contributed by atoms with Gasteiger partial charge in [-0.3, -0.25) is 4.98 Å². The average molecular weight is 248 g/mol. The van der Waals surface area contributed by atoms with Crippen molar-refractivity contribution < 1.29 is 5.21 Å². The quantitative estimate of drug-likeness (QED) is 0.309. The topological polar surface area (TPSA) is 83.5 Å². The van der Waals surface area contributed by atoms with Crippen LogP contribution in [-0.4, -0.2) is 22.6 Å². The zero-order chi connectivity index (χ0) is 13.0. The molecule has 0 radical (unpaired) electrons. The van der Waals surface area contributed by atoms with Gasteiger partial charge in [0.05, 0.1) is 5.69 Å². The van der Waals surface area contributed by atoms with Gasteiger partial charge in [0.1, 0.15) is 5.84 Å². The highest BCUT2D eigenvalue weighted by Crippen LogP contribution is 2.48. The molecule has 1 saturated carbocycles. The van der Waals surface area contributed by atoms with E-state index in [4.69, 9.17) is 10.9 Å². The summed E-state index contributed by atoms with van der Waals surface area (Å²) in [7, 11) is 0. The van der Waals surface area contributed by atoms with Gasteiger partial charge in [0.15, 0.2) is 0 Å². The van der Waals surface area contributed by atoms with Gasteiger partial charge in [-0.2, -0.15) is 0 Å². The molecule has 5 nitrogen and oxygen atoms in total. The Balaban J connectivity index is 1.85. The Labute approximate surface area is 107 Å². The van der Waals surface area contributed by atoms with E-state index in [-0.39, 0.29) is 11.5 Å². The van der Waals surface area contributed by atoms with Crippen molar-refractivity contribution in [1.29, 1.82) is 0 Å². The first kappa shape index (κ1) is 12.8. The number of hydrogen-bond donors (Lipinski definition) is 3. The lowest BCUT2D eigenvalue weighted by molar-refractivity contribution is 0.313. The number of rotatable bonds is 6. The van der Waals surface area contributed by atoms with Crippen LogP contribution < -0.4 is 11.1 Å². The second-order valence-corrected chi connectivity index (χ2v) is 5.13. The van der Waals surface area contributed by atoms with E-state index in [0.29, 0.717) is 12.3 Å². The summed E-state index contributed by atoms with van der Waals surface area (Å²) >= 11 is 0. The molecule has 2 rings (SSSR count). The molecule has 0 aromatic carbocycles. The maximum absolute atomic E-state index is 8.61. The third-order valence-electron chi connectivity index (χ3n) is 3.56. The number of hydrogen-bond acceptors (Lipinski definition) is 4. The summed E-state index contributed by atoms with van der Waals surface area (Å²) in [5.41, 5.74) is 6.80. The predicted octanol–water partition coefficient (Wildman–Crippen LogP) is 1.65. The SMILES string of the molecule is C[C@@H](NCC1(C/C(N)=N/O)CC1)c1ccccn1. The summed E-state index contributed by atoms with van der Waals surface area (Å²) < 4.78 is 0. The summed E-state index contributed by atoms with van der Waals surface area (Å²) in [6.07, 6.45) is 4.72. The van der Waals surface area contributed by atoms with Crippen molar-refractivity contribution in [3.63, 3.8) is 0 Å². The summed E-state index contributed by atoms with van der Waals surface area (Å²) in [5.74, 6) is 0.319. The third-order valence-corrected chi connectivity index (χ3v) is 3.56. The molecule has 4 N–H and O–H groups in total. The Morgan fingerprint density at radius 2 is 2.39 bits per heavy atom. The lowest BCUT2D eigenvalue weighted by Crippen LogP contribution is -2.30. The smallest absolute Gasteiger partial charge is 0.139 e. The molecular weight excluding hydrogens is 228 g/mol. The third kappa shape index (κ3) is 3.20. The van der Waals surface area contributed by atoms with Crippen molar-refractivity contribution in [2.45, 2.75) is 32.2 Å². The minimum absolute atomic E-state index is 0.180. The van der Waals surface area contributed by atoms with E-state index < -0.39 is 0 Å². The van der Waals surface area contributed by atoms with Crippen LogP contribution in [-0.2, 0) is 0 Å². The first-order chi connectivity index (χ1) is 8.65. The van der Waals surface area contributed by atoms with Crippen LogP contribution in [0.25, 0.3) is 0 Å². The summed E-state index contributed by atoms with van der Waals surface area (Å²) in [6.45, 7) is 2.98. The number of amidine groups is 1. The van der Waals surface area contributed by atoms with Gasteiger partial charge in [-0.1, -0.05) is 11.2 Å². The minimum atomic E-state index is 0.180. The molecule has 0 spiro atoms. The number of aromatic nitrogens is 1. The molecule has 0 saturated heterocycles. The highest BCUT2D eigenvalue weighted by Gasteiger charge is 2.43. The normalized spacial score (nSPS) is 19.5. The highest BCUT2D eigenvalue weighted by molar-refractivity contribution is 5.80. The lowest BCUT2D eigenvalue weighted by Gasteiger charge is -2.19. The van der Waals surface area contributed by atoms with Crippen LogP contribution in [0.5, 0.6) is 0 Å². The molecule has 1 aliphatic carbocycles. The molecular formula is C13H20N4O. The van der Waals surface area contributed by atoms with E-state index in [9.17, 15) is 0 Å². The van der Waals surface area contributed by atoms with E-state index in [1.54, 1.807) is 6.20 Å². The van der Waals surface area contributed by atoms with Crippen LogP contribution in [0.15, 0.2) is 29.6 Å². The average Bonchev–Trinajstić information content (AvgIpc) is 3.17. The Morgan fingerprint density at radius 1 is 1.61 bits per heavy atom. The Morgan fingerprint density at radius 3 is 2.94 bits per heavy atom. The predicted molar refractivity (Wildman–Crippen MR) is 70.3 cm³/mol. The molecule has 1 fully saturated rings. The molecule has 1 heterocycles. The molecule has 18 heavy (non-hydrogen) atoms. The molecule has 0 aliphatic heterocycles. The van der Waals surface area contributed by atoms with Crippen LogP contribution in [0.4, 0.5) is 0 Å². The number of pyridine rings is 1. The largest absolute Gasteiger partial charge is 0.409 e. The van der Waals surface area contributed by atoms with Crippen LogP contribution in [0.3, 0.4) is 0 Å². The number of nitrogens with zero attached hydrogens (tertiary/aromatic N) is 2. The Bertz CT molecular complexity index is 414. The molecule has 1 aliphatic rings. The summed E-state index contributed by atoms with van der Waals surface area (Å²) in [4.78, 5) is 4.33. The van der Waals surface area contributed by atoms with Gasteiger partial charge in [0, 0.05) is 25.2 Å². The van der Waals surface area contributed by atoms with Crippen molar-refractivity contribution in [3.05, 3.63) is 30.1 Å². The van der Waals surface area contributed by atoms with E-state index in [2.05, 4.69) is 22.4 Å². The van der Waals surface area contributed by atoms with Crippen LogP contribution in [0.2, 0.25) is 0 Å². The molecule has 98 valence electrons. The molecule has 1 aromatic rings. The first-order valence-electron chi connectivity index (χ1n) is 6.26.